The summed E-state index contributed by atoms with van der Waals surface area (Å²) in [6.07, 6.45) is 1.20. The Morgan fingerprint density at radius 3 is 2.23 bits per heavy atom. The van der Waals surface area contributed by atoms with Crippen LogP contribution in [0, 0.1) is 0 Å². The standard InChI is InChI=1S/C20H35N5O/c1-23-9-11-25(12-10-23)22-18-20-5-3-19(4-6-20)17-21-7-2-8-24-13-15-26-16-14-24/h3-6,21-22H,2,7-18H2,1H3. The molecule has 146 valence electrons. The topological polar surface area (TPSA) is 43.0 Å². The largest absolute Gasteiger partial charge is 0.379 e. The Hall–Kier alpha value is -1.02. The van der Waals surface area contributed by atoms with E-state index in [2.05, 4.69) is 56.9 Å². The summed E-state index contributed by atoms with van der Waals surface area (Å²) in [5, 5.41) is 5.90. The fraction of sp³-hybridized carbons (Fsp3) is 0.700. The Labute approximate surface area is 158 Å². The molecule has 1 aromatic rings. The summed E-state index contributed by atoms with van der Waals surface area (Å²) in [6.45, 7) is 12.6. The van der Waals surface area contributed by atoms with E-state index >= 15 is 0 Å². The lowest BCUT2D eigenvalue weighted by Gasteiger charge is -2.32. The molecule has 2 N–H and O–H groups in total. The van der Waals surface area contributed by atoms with Crippen LogP contribution in [0.15, 0.2) is 24.3 Å². The average Bonchev–Trinajstić information content (AvgIpc) is 2.69. The Balaban J connectivity index is 1.26. The van der Waals surface area contributed by atoms with Gasteiger partial charge in [0, 0.05) is 52.4 Å². The molecule has 0 aliphatic carbocycles. The molecule has 0 aromatic heterocycles. The third kappa shape index (κ3) is 6.95. The maximum absolute atomic E-state index is 5.38. The van der Waals surface area contributed by atoms with Crippen molar-refractivity contribution in [2.75, 3.05) is 72.6 Å². The van der Waals surface area contributed by atoms with Crippen molar-refractivity contribution < 1.29 is 4.74 Å². The first kappa shape index (κ1) is 19.7. The van der Waals surface area contributed by atoms with Gasteiger partial charge in [0.25, 0.3) is 0 Å². The molecule has 2 heterocycles. The Morgan fingerprint density at radius 1 is 0.885 bits per heavy atom. The van der Waals surface area contributed by atoms with Gasteiger partial charge in [0.05, 0.1) is 13.2 Å². The molecule has 2 saturated heterocycles. The van der Waals surface area contributed by atoms with Gasteiger partial charge in [-0.2, -0.15) is 0 Å². The van der Waals surface area contributed by atoms with Crippen molar-refractivity contribution in [1.29, 1.82) is 0 Å². The van der Waals surface area contributed by atoms with Crippen molar-refractivity contribution in [1.82, 2.24) is 25.6 Å². The van der Waals surface area contributed by atoms with Crippen molar-refractivity contribution in [3.8, 4) is 0 Å². The fourth-order valence-corrected chi connectivity index (χ4v) is 3.43. The minimum Gasteiger partial charge on any atom is -0.379 e. The molecule has 0 amide bonds. The number of rotatable bonds is 9. The Kier molecular flexibility index (Phi) is 8.32. The molecule has 3 rings (SSSR count). The number of hydrogen-bond donors (Lipinski definition) is 2. The summed E-state index contributed by atoms with van der Waals surface area (Å²) in [5.41, 5.74) is 6.25. The van der Waals surface area contributed by atoms with E-state index in [9.17, 15) is 0 Å². The van der Waals surface area contributed by atoms with Crippen LogP contribution in [0.5, 0.6) is 0 Å². The van der Waals surface area contributed by atoms with Crippen LogP contribution in [0.4, 0.5) is 0 Å². The van der Waals surface area contributed by atoms with E-state index in [0.29, 0.717) is 0 Å². The molecule has 2 aliphatic rings. The van der Waals surface area contributed by atoms with Gasteiger partial charge in [-0.1, -0.05) is 24.3 Å². The zero-order valence-electron chi connectivity index (χ0n) is 16.3. The maximum atomic E-state index is 5.38. The van der Waals surface area contributed by atoms with Crippen molar-refractivity contribution in [2.24, 2.45) is 0 Å². The molecule has 6 heteroatoms. The number of morpholine rings is 1. The van der Waals surface area contributed by atoms with Crippen LogP contribution in [0.25, 0.3) is 0 Å². The quantitative estimate of drug-likeness (QED) is 0.633. The summed E-state index contributed by atoms with van der Waals surface area (Å²) in [4.78, 5) is 4.87. The molecular weight excluding hydrogens is 326 g/mol. The predicted octanol–water partition coefficient (Wildman–Crippen LogP) is 0.751. The SMILES string of the molecule is CN1CCN(NCc2ccc(CNCCCN3CCOCC3)cc2)CC1. The van der Waals surface area contributed by atoms with E-state index < -0.39 is 0 Å². The first-order valence-electron chi connectivity index (χ1n) is 10.1. The lowest BCUT2D eigenvalue weighted by Crippen LogP contribution is -2.50. The highest BCUT2D eigenvalue weighted by Crippen LogP contribution is 2.05. The molecule has 1 aromatic carbocycles. The second-order valence-electron chi connectivity index (χ2n) is 7.43. The molecule has 0 atom stereocenters. The zero-order valence-corrected chi connectivity index (χ0v) is 16.3. The lowest BCUT2D eigenvalue weighted by molar-refractivity contribution is 0.0374. The van der Waals surface area contributed by atoms with Gasteiger partial charge >= 0.3 is 0 Å². The third-order valence-electron chi connectivity index (χ3n) is 5.29. The molecule has 0 spiro atoms. The van der Waals surface area contributed by atoms with Gasteiger partial charge in [0.1, 0.15) is 0 Å². The number of benzene rings is 1. The smallest absolute Gasteiger partial charge is 0.0594 e. The molecule has 2 fully saturated rings. The number of piperazine rings is 1. The molecule has 6 nitrogen and oxygen atoms in total. The average molecular weight is 362 g/mol. The normalized spacial score (nSPS) is 20.5. The number of ether oxygens (including phenoxy) is 1. The minimum absolute atomic E-state index is 0.892. The summed E-state index contributed by atoms with van der Waals surface area (Å²) in [5.74, 6) is 0. The summed E-state index contributed by atoms with van der Waals surface area (Å²) in [7, 11) is 2.19. The molecular formula is C20H35N5O. The van der Waals surface area contributed by atoms with Crippen LogP contribution in [-0.4, -0.2) is 87.4 Å². The van der Waals surface area contributed by atoms with Crippen LogP contribution in [0.3, 0.4) is 0 Å². The van der Waals surface area contributed by atoms with Gasteiger partial charge in [-0.25, -0.2) is 5.01 Å². The predicted molar refractivity (Wildman–Crippen MR) is 106 cm³/mol. The van der Waals surface area contributed by atoms with Gasteiger partial charge in [-0.3, -0.25) is 10.3 Å². The third-order valence-corrected chi connectivity index (χ3v) is 5.29. The van der Waals surface area contributed by atoms with Gasteiger partial charge in [0.15, 0.2) is 0 Å². The van der Waals surface area contributed by atoms with Crippen molar-refractivity contribution in [2.45, 2.75) is 19.5 Å². The maximum Gasteiger partial charge on any atom is 0.0594 e. The Morgan fingerprint density at radius 2 is 1.54 bits per heavy atom. The monoisotopic (exact) mass is 361 g/mol. The highest BCUT2D eigenvalue weighted by molar-refractivity contribution is 5.22. The van der Waals surface area contributed by atoms with Crippen molar-refractivity contribution in [3.05, 3.63) is 35.4 Å². The Bertz CT molecular complexity index is 495. The number of nitrogens with zero attached hydrogens (tertiary/aromatic N) is 3. The van der Waals surface area contributed by atoms with Crippen LogP contribution in [0.2, 0.25) is 0 Å². The fourth-order valence-electron chi connectivity index (χ4n) is 3.43. The van der Waals surface area contributed by atoms with E-state index in [4.69, 9.17) is 4.74 Å². The van der Waals surface area contributed by atoms with E-state index in [1.807, 2.05) is 0 Å². The lowest BCUT2D eigenvalue weighted by atomic mass is 10.1. The summed E-state index contributed by atoms with van der Waals surface area (Å²) in [6, 6.07) is 8.98. The number of likely N-dealkylation sites (N-methyl/N-ethyl adjacent to an activating group) is 1. The zero-order chi connectivity index (χ0) is 18.0. The van der Waals surface area contributed by atoms with Crippen LogP contribution in [0.1, 0.15) is 17.5 Å². The van der Waals surface area contributed by atoms with E-state index in [-0.39, 0.29) is 0 Å². The van der Waals surface area contributed by atoms with E-state index in [0.717, 1.165) is 72.1 Å². The number of hydrogen-bond acceptors (Lipinski definition) is 6. The summed E-state index contributed by atoms with van der Waals surface area (Å²) >= 11 is 0. The molecule has 0 radical (unpaired) electrons. The second-order valence-corrected chi connectivity index (χ2v) is 7.43. The molecule has 2 aliphatic heterocycles. The van der Waals surface area contributed by atoms with Gasteiger partial charge < -0.3 is 15.0 Å². The van der Waals surface area contributed by atoms with Gasteiger partial charge in [-0.05, 0) is 37.7 Å². The first-order chi connectivity index (χ1) is 12.8. The molecule has 0 saturated carbocycles. The highest BCUT2D eigenvalue weighted by atomic mass is 16.5. The van der Waals surface area contributed by atoms with Crippen LogP contribution >= 0.6 is 0 Å². The van der Waals surface area contributed by atoms with Crippen LogP contribution in [-0.2, 0) is 17.8 Å². The summed E-state index contributed by atoms with van der Waals surface area (Å²) < 4.78 is 5.38. The highest BCUT2D eigenvalue weighted by Gasteiger charge is 2.12. The van der Waals surface area contributed by atoms with E-state index in [1.165, 1.54) is 24.1 Å². The minimum atomic E-state index is 0.892. The molecule has 0 unspecified atom stereocenters. The first-order valence-corrected chi connectivity index (χ1v) is 10.1. The van der Waals surface area contributed by atoms with Crippen molar-refractivity contribution >= 4 is 0 Å². The number of nitrogens with one attached hydrogen (secondary N) is 2. The van der Waals surface area contributed by atoms with Gasteiger partial charge in [0.2, 0.25) is 0 Å². The molecule has 26 heavy (non-hydrogen) atoms. The van der Waals surface area contributed by atoms with E-state index in [1.54, 1.807) is 0 Å². The number of hydrazine groups is 1. The van der Waals surface area contributed by atoms with Gasteiger partial charge in [-0.15, -0.1) is 0 Å². The second kappa shape index (κ2) is 11.0. The van der Waals surface area contributed by atoms with Crippen molar-refractivity contribution in [3.63, 3.8) is 0 Å². The molecule has 0 bridgehead atoms. The van der Waals surface area contributed by atoms with Crippen LogP contribution < -0.4 is 10.7 Å².